The molecule has 2 atom stereocenters. The zero-order chi connectivity index (χ0) is 14.2. The second kappa shape index (κ2) is 5.26. The van der Waals surface area contributed by atoms with E-state index in [1.165, 1.54) is 11.1 Å². The van der Waals surface area contributed by atoms with E-state index in [0.29, 0.717) is 5.92 Å². The van der Waals surface area contributed by atoms with Crippen LogP contribution < -0.4 is 0 Å². The lowest BCUT2D eigenvalue weighted by Gasteiger charge is -2.35. The van der Waals surface area contributed by atoms with Crippen LogP contribution >= 0.6 is 0 Å². The topological polar surface area (TPSA) is 18.5 Å². The Balaban J connectivity index is 2.35. The fourth-order valence-electron chi connectivity index (χ4n) is 2.47. The van der Waals surface area contributed by atoms with Gasteiger partial charge in [0.25, 0.3) is 0 Å². The highest BCUT2D eigenvalue weighted by Gasteiger charge is 2.43. The molecule has 0 saturated carbocycles. The zero-order valence-corrected chi connectivity index (χ0v) is 12.9. The predicted molar refractivity (Wildman–Crippen MR) is 77.8 cm³/mol. The molecule has 0 bridgehead atoms. The van der Waals surface area contributed by atoms with Gasteiger partial charge in [-0.1, -0.05) is 52.0 Å². The number of ether oxygens (including phenoxy) is 2. The highest BCUT2D eigenvalue weighted by atomic mass is 16.7. The van der Waals surface area contributed by atoms with Gasteiger partial charge in [-0.15, -0.1) is 0 Å². The van der Waals surface area contributed by atoms with Crippen molar-refractivity contribution in [3.63, 3.8) is 0 Å². The zero-order valence-electron chi connectivity index (χ0n) is 12.9. The fraction of sp³-hybridized carbons (Fsp3) is 0.647. The Kier molecular flexibility index (Phi) is 4.03. The predicted octanol–water partition coefficient (Wildman–Crippen LogP) is 4.86. The van der Waals surface area contributed by atoms with Gasteiger partial charge in [0.05, 0.1) is 12.2 Å². The summed E-state index contributed by atoms with van der Waals surface area (Å²) in [5.41, 5.74) is 2.56. The van der Waals surface area contributed by atoms with Crippen LogP contribution in [0.4, 0.5) is 0 Å². The molecule has 0 saturated heterocycles. The summed E-state index contributed by atoms with van der Waals surface area (Å²) in [4.78, 5) is 0. The van der Waals surface area contributed by atoms with Crippen LogP contribution in [-0.4, -0.2) is 6.10 Å². The summed E-state index contributed by atoms with van der Waals surface area (Å²) in [6, 6.07) is 8.44. The van der Waals surface area contributed by atoms with E-state index in [9.17, 15) is 0 Å². The summed E-state index contributed by atoms with van der Waals surface area (Å²) < 4.78 is 12.2. The first kappa shape index (κ1) is 14.5. The smallest absolute Gasteiger partial charge is 0.185 e. The van der Waals surface area contributed by atoms with Crippen LogP contribution in [0, 0.1) is 11.3 Å². The van der Waals surface area contributed by atoms with Gasteiger partial charge in [-0.25, -0.2) is 0 Å². The number of benzene rings is 1. The van der Waals surface area contributed by atoms with Crippen LogP contribution in [0.25, 0.3) is 0 Å². The molecule has 1 heterocycles. The van der Waals surface area contributed by atoms with Crippen molar-refractivity contribution >= 4 is 0 Å². The quantitative estimate of drug-likeness (QED) is 0.771. The second-order valence-corrected chi connectivity index (χ2v) is 6.64. The maximum atomic E-state index is 6.25. The van der Waals surface area contributed by atoms with Crippen LogP contribution in [-0.2, 0) is 9.47 Å². The number of hydrogen-bond acceptors (Lipinski definition) is 2. The second-order valence-electron chi connectivity index (χ2n) is 6.64. The molecule has 1 aromatic rings. The van der Waals surface area contributed by atoms with Crippen LogP contribution in [0.1, 0.15) is 65.1 Å². The average Bonchev–Trinajstić information content (AvgIpc) is 2.68. The van der Waals surface area contributed by atoms with Crippen molar-refractivity contribution in [3.8, 4) is 0 Å². The number of rotatable bonds is 4. The first-order valence-electron chi connectivity index (χ1n) is 7.23. The fourth-order valence-corrected chi connectivity index (χ4v) is 2.47. The van der Waals surface area contributed by atoms with Gasteiger partial charge >= 0.3 is 0 Å². The van der Waals surface area contributed by atoms with Crippen molar-refractivity contribution in [2.75, 3.05) is 0 Å². The summed E-state index contributed by atoms with van der Waals surface area (Å²) >= 11 is 0. The van der Waals surface area contributed by atoms with Gasteiger partial charge in [0.2, 0.25) is 0 Å². The molecule has 0 amide bonds. The molecule has 1 aromatic carbocycles. The highest BCUT2D eigenvalue weighted by Crippen LogP contribution is 2.51. The van der Waals surface area contributed by atoms with Crippen LogP contribution in [0.5, 0.6) is 0 Å². The molecule has 19 heavy (non-hydrogen) atoms. The molecule has 0 fully saturated rings. The molecule has 0 aliphatic carbocycles. The third-order valence-electron chi connectivity index (χ3n) is 4.35. The van der Waals surface area contributed by atoms with Crippen molar-refractivity contribution in [1.29, 1.82) is 0 Å². The summed E-state index contributed by atoms with van der Waals surface area (Å²) in [7, 11) is 0. The lowest BCUT2D eigenvalue weighted by molar-refractivity contribution is -0.203. The monoisotopic (exact) mass is 262 g/mol. The van der Waals surface area contributed by atoms with Gasteiger partial charge in [-0.2, -0.15) is 0 Å². The maximum absolute atomic E-state index is 6.25. The lowest BCUT2D eigenvalue weighted by atomic mass is 9.74. The van der Waals surface area contributed by atoms with Crippen LogP contribution in [0.15, 0.2) is 24.3 Å². The summed E-state index contributed by atoms with van der Waals surface area (Å²) in [5.74, 6) is 0.545. The minimum absolute atomic E-state index is 0.0885. The van der Waals surface area contributed by atoms with Crippen LogP contribution in [0.3, 0.4) is 0 Å². The Hall–Kier alpha value is -0.860. The van der Waals surface area contributed by atoms with Gasteiger partial charge < -0.3 is 9.47 Å². The van der Waals surface area contributed by atoms with E-state index >= 15 is 0 Å². The Morgan fingerprint density at radius 3 is 2.16 bits per heavy atom. The molecule has 1 aliphatic rings. The largest absolute Gasteiger partial charge is 0.346 e. The molecule has 106 valence electrons. The van der Waals surface area contributed by atoms with E-state index in [0.717, 1.165) is 0 Å². The van der Waals surface area contributed by atoms with Crippen molar-refractivity contribution in [3.05, 3.63) is 35.4 Å². The van der Waals surface area contributed by atoms with E-state index in [1.54, 1.807) is 0 Å². The Morgan fingerprint density at radius 1 is 1.05 bits per heavy atom. The molecule has 2 rings (SSSR count). The SMILES string of the molecule is CC(C)OC1OC(C(C)(C)C(C)C)c2ccccc21. The molecule has 2 nitrogen and oxygen atoms in total. The van der Waals surface area contributed by atoms with Gasteiger partial charge in [-0.3, -0.25) is 0 Å². The molecule has 2 unspecified atom stereocenters. The molecule has 2 heteroatoms. The molecule has 1 aliphatic heterocycles. The highest BCUT2D eigenvalue weighted by molar-refractivity contribution is 5.34. The Bertz CT molecular complexity index is 435. The minimum Gasteiger partial charge on any atom is -0.346 e. The molecular weight excluding hydrogens is 236 g/mol. The normalized spacial score (nSPS) is 23.2. The van der Waals surface area contributed by atoms with Crippen molar-refractivity contribution < 1.29 is 9.47 Å². The average molecular weight is 262 g/mol. The summed E-state index contributed by atoms with van der Waals surface area (Å²) in [6.07, 6.45) is 0.0469. The number of hydrogen-bond donors (Lipinski definition) is 0. The first-order valence-corrected chi connectivity index (χ1v) is 7.23. The van der Waals surface area contributed by atoms with Crippen LogP contribution in [0.2, 0.25) is 0 Å². The minimum atomic E-state index is -0.223. The van der Waals surface area contributed by atoms with E-state index in [-0.39, 0.29) is 23.9 Å². The van der Waals surface area contributed by atoms with Gasteiger partial charge in [0.1, 0.15) is 0 Å². The molecule has 0 N–H and O–H groups in total. The van der Waals surface area contributed by atoms with Gasteiger partial charge in [0.15, 0.2) is 6.29 Å². The maximum Gasteiger partial charge on any atom is 0.185 e. The van der Waals surface area contributed by atoms with Crippen molar-refractivity contribution in [2.45, 2.75) is 60.0 Å². The standard InChI is InChI=1S/C17H26O2/c1-11(2)17(5,6)15-13-9-7-8-10-14(13)16(19-15)18-12(3)4/h7-12,15-16H,1-6H3. The third-order valence-corrected chi connectivity index (χ3v) is 4.35. The third kappa shape index (κ3) is 2.70. The molecule has 0 radical (unpaired) electrons. The summed E-state index contributed by atoms with van der Waals surface area (Å²) in [5, 5.41) is 0. The van der Waals surface area contributed by atoms with Gasteiger partial charge in [-0.05, 0) is 30.7 Å². The molecule has 0 spiro atoms. The molecule has 0 aromatic heterocycles. The van der Waals surface area contributed by atoms with E-state index in [2.05, 4.69) is 52.0 Å². The number of fused-ring (bicyclic) bond motifs is 1. The first-order chi connectivity index (χ1) is 8.84. The van der Waals surface area contributed by atoms with Crippen molar-refractivity contribution in [1.82, 2.24) is 0 Å². The van der Waals surface area contributed by atoms with Gasteiger partial charge in [0, 0.05) is 5.56 Å². The van der Waals surface area contributed by atoms with E-state index in [4.69, 9.17) is 9.47 Å². The Morgan fingerprint density at radius 2 is 1.63 bits per heavy atom. The molecular formula is C17H26O2. The van der Waals surface area contributed by atoms with Crippen molar-refractivity contribution in [2.24, 2.45) is 11.3 Å². The Labute approximate surface area is 117 Å². The van der Waals surface area contributed by atoms with E-state index < -0.39 is 0 Å². The summed E-state index contributed by atoms with van der Waals surface area (Å²) in [6.45, 7) is 13.2. The van der Waals surface area contributed by atoms with E-state index in [1.807, 2.05) is 13.8 Å². The lowest BCUT2D eigenvalue weighted by Crippen LogP contribution is -2.28.